The molecule has 4 nitrogen and oxygen atoms in total. The molecule has 0 spiro atoms. The van der Waals surface area contributed by atoms with E-state index in [2.05, 4.69) is 48.2 Å². The summed E-state index contributed by atoms with van der Waals surface area (Å²) in [5, 5.41) is 12.3. The van der Waals surface area contributed by atoms with Crippen molar-refractivity contribution in [2.24, 2.45) is 10.9 Å². The third-order valence-electron chi connectivity index (χ3n) is 3.38. The Kier molecular flexibility index (Phi) is 4.71. The van der Waals surface area contributed by atoms with Crippen molar-refractivity contribution in [1.82, 2.24) is 4.90 Å². The van der Waals surface area contributed by atoms with E-state index < -0.39 is 0 Å². The minimum absolute atomic E-state index is 0.272. The van der Waals surface area contributed by atoms with Crippen molar-refractivity contribution in [3.05, 3.63) is 29.8 Å². The van der Waals surface area contributed by atoms with Crippen molar-refractivity contribution in [3.8, 4) is 0 Å². The average molecular weight is 279 g/mol. The zero-order valence-corrected chi connectivity index (χ0v) is 12.2. The molecule has 0 aliphatic carbocycles. The van der Waals surface area contributed by atoms with Crippen LogP contribution in [0.3, 0.4) is 0 Å². The molecule has 5 heteroatoms. The lowest BCUT2D eigenvalue weighted by Gasteiger charge is -2.28. The molecule has 1 unspecified atom stereocenters. The number of oxime groups is 1. The Morgan fingerprint density at radius 2 is 2.26 bits per heavy atom. The van der Waals surface area contributed by atoms with Crippen molar-refractivity contribution in [2.45, 2.75) is 36.5 Å². The molecule has 0 saturated heterocycles. The zero-order chi connectivity index (χ0) is 13.8. The molecule has 19 heavy (non-hydrogen) atoms. The van der Waals surface area contributed by atoms with Crippen LogP contribution in [0.2, 0.25) is 0 Å². The van der Waals surface area contributed by atoms with E-state index in [-0.39, 0.29) is 5.84 Å². The quantitative estimate of drug-likeness (QED) is 0.375. The van der Waals surface area contributed by atoms with Gasteiger partial charge in [-0.1, -0.05) is 23.4 Å². The molecule has 1 heterocycles. The monoisotopic (exact) mass is 279 g/mol. The van der Waals surface area contributed by atoms with Gasteiger partial charge in [0.25, 0.3) is 0 Å². The Balaban J connectivity index is 1.97. The first-order valence-corrected chi connectivity index (χ1v) is 7.43. The van der Waals surface area contributed by atoms with Gasteiger partial charge in [0, 0.05) is 22.7 Å². The van der Waals surface area contributed by atoms with E-state index in [1.807, 2.05) is 11.8 Å². The molecule has 1 aromatic carbocycles. The van der Waals surface area contributed by atoms with Gasteiger partial charge in [-0.05, 0) is 31.9 Å². The fourth-order valence-electron chi connectivity index (χ4n) is 2.31. The van der Waals surface area contributed by atoms with Crippen LogP contribution < -0.4 is 5.73 Å². The van der Waals surface area contributed by atoms with Gasteiger partial charge in [0.15, 0.2) is 5.84 Å². The maximum atomic E-state index is 8.70. The first-order valence-electron chi connectivity index (χ1n) is 6.55. The van der Waals surface area contributed by atoms with Crippen molar-refractivity contribution >= 4 is 17.6 Å². The molecule has 1 aromatic rings. The molecule has 0 saturated carbocycles. The van der Waals surface area contributed by atoms with Gasteiger partial charge >= 0.3 is 0 Å². The second-order valence-corrected chi connectivity index (χ2v) is 6.51. The number of rotatable bonds is 5. The number of thioether (sulfide) groups is 1. The Labute approximate surface area is 118 Å². The van der Waals surface area contributed by atoms with Crippen LogP contribution in [0.25, 0.3) is 0 Å². The average Bonchev–Trinajstić information content (AvgIpc) is 2.79. The number of fused-ring (bicyclic) bond motifs is 1. The molecule has 0 bridgehead atoms. The summed E-state index contributed by atoms with van der Waals surface area (Å²) in [6.45, 7) is 5.74. The van der Waals surface area contributed by atoms with Crippen molar-refractivity contribution in [1.29, 1.82) is 0 Å². The Morgan fingerprint density at radius 1 is 1.53 bits per heavy atom. The van der Waals surface area contributed by atoms with Crippen LogP contribution in [0.1, 0.15) is 19.4 Å². The Morgan fingerprint density at radius 3 is 2.89 bits per heavy atom. The maximum Gasteiger partial charge on any atom is 0.153 e. The molecular weight excluding hydrogens is 258 g/mol. The SMILES string of the molecule is CC(C)N(CC(N)=NO)CC1Cc2ccccc2S1. The van der Waals surface area contributed by atoms with Crippen LogP contribution in [0.15, 0.2) is 34.3 Å². The van der Waals surface area contributed by atoms with Crippen molar-refractivity contribution in [2.75, 3.05) is 13.1 Å². The number of benzene rings is 1. The predicted molar refractivity (Wildman–Crippen MR) is 79.9 cm³/mol. The van der Waals surface area contributed by atoms with Gasteiger partial charge < -0.3 is 10.9 Å². The van der Waals surface area contributed by atoms with Gasteiger partial charge in [-0.2, -0.15) is 0 Å². The third-order valence-corrected chi connectivity index (χ3v) is 4.68. The van der Waals surface area contributed by atoms with E-state index >= 15 is 0 Å². The van der Waals surface area contributed by atoms with E-state index in [0.717, 1.165) is 13.0 Å². The summed E-state index contributed by atoms with van der Waals surface area (Å²) in [6, 6.07) is 8.95. The molecule has 104 valence electrons. The van der Waals surface area contributed by atoms with Crippen LogP contribution in [0.4, 0.5) is 0 Å². The summed E-state index contributed by atoms with van der Waals surface area (Å²) in [4.78, 5) is 3.64. The fourth-order valence-corrected chi connectivity index (χ4v) is 3.66. The minimum atomic E-state index is 0.272. The minimum Gasteiger partial charge on any atom is -0.409 e. The van der Waals surface area contributed by atoms with Crippen LogP contribution in [-0.2, 0) is 6.42 Å². The van der Waals surface area contributed by atoms with Crippen LogP contribution in [0.5, 0.6) is 0 Å². The van der Waals surface area contributed by atoms with Gasteiger partial charge in [-0.25, -0.2) is 0 Å². The number of amidine groups is 1. The summed E-state index contributed by atoms with van der Waals surface area (Å²) in [5.41, 5.74) is 7.06. The molecule has 2 rings (SSSR count). The molecule has 1 atom stereocenters. The fraction of sp³-hybridized carbons (Fsp3) is 0.500. The standard InChI is InChI=1S/C14H21N3OS/c1-10(2)17(9-14(15)16-18)8-12-7-11-5-3-4-6-13(11)19-12/h3-6,10,12,18H,7-9H2,1-2H3,(H2,15,16). The highest BCUT2D eigenvalue weighted by atomic mass is 32.2. The molecule has 1 aliphatic rings. The van der Waals surface area contributed by atoms with Crippen LogP contribution >= 0.6 is 11.8 Å². The van der Waals surface area contributed by atoms with Gasteiger partial charge in [-0.3, -0.25) is 4.90 Å². The highest BCUT2D eigenvalue weighted by molar-refractivity contribution is 8.00. The lowest BCUT2D eigenvalue weighted by molar-refractivity contribution is 0.247. The summed E-state index contributed by atoms with van der Waals surface area (Å²) >= 11 is 1.93. The number of nitrogens with two attached hydrogens (primary N) is 1. The summed E-state index contributed by atoms with van der Waals surface area (Å²) < 4.78 is 0. The van der Waals surface area contributed by atoms with E-state index in [9.17, 15) is 0 Å². The molecular formula is C14H21N3OS. The highest BCUT2D eigenvalue weighted by Gasteiger charge is 2.25. The third kappa shape index (κ3) is 3.64. The highest BCUT2D eigenvalue weighted by Crippen LogP contribution is 2.37. The van der Waals surface area contributed by atoms with E-state index in [4.69, 9.17) is 10.9 Å². The topological polar surface area (TPSA) is 61.8 Å². The predicted octanol–water partition coefficient (Wildman–Crippen LogP) is 2.16. The number of hydrogen-bond donors (Lipinski definition) is 2. The molecule has 3 N–H and O–H groups in total. The van der Waals surface area contributed by atoms with E-state index in [1.54, 1.807) is 0 Å². The van der Waals surface area contributed by atoms with Gasteiger partial charge in [0.1, 0.15) is 0 Å². The summed E-state index contributed by atoms with van der Waals surface area (Å²) in [6.07, 6.45) is 1.10. The molecule has 0 amide bonds. The first kappa shape index (κ1) is 14.2. The molecule has 0 fully saturated rings. The van der Waals surface area contributed by atoms with Crippen LogP contribution in [-0.4, -0.2) is 40.3 Å². The molecule has 0 radical (unpaired) electrons. The van der Waals surface area contributed by atoms with E-state index in [0.29, 0.717) is 17.8 Å². The van der Waals surface area contributed by atoms with Crippen LogP contribution in [0, 0.1) is 0 Å². The Hall–Kier alpha value is -1.20. The lowest BCUT2D eigenvalue weighted by atomic mass is 10.1. The van der Waals surface area contributed by atoms with Gasteiger partial charge in [0.05, 0.1) is 6.54 Å². The largest absolute Gasteiger partial charge is 0.409 e. The Bertz CT molecular complexity index is 437. The van der Waals surface area contributed by atoms with Gasteiger partial charge in [-0.15, -0.1) is 11.8 Å². The van der Waals surface area contributed by atoms with Crippen molar-refractivity contribution < 1.29 is 5.21 Å². The lowest BCUT2D eigenvalue weighted by Crippen LogP contribution is -2.42. The molecule has 0 aromatic heterocycles. The van der Waals surface area contributed by atoms with E-state index in [1.165, 1.54) is 10.5 Å². The normalized spacial score (nSPS) is 19.2. The van der Waals surface area contributed by atoms with Crippen molar-refractivity contribution in [3.63, 3.8) is 0 Å². The second-order valence-electron chi connectivity index (χ2n) is 5.17. The maximum absolute atomic E-state index is 8.70. The zero-order valence-electron chi connectivity index (χ0n) is 11.4. The number of nitrogens with zero attached hydrogens (tertiary/aromatic N) is 2. The van der Waals surface area contributed by atoms with Gasteiger partial charge in [0.2, 0.25) is 0 Å². The second kappa shape index (κ2) is 6.30. The number of hydrogen-bond acceptors (Lipinski definition) is 4. The summed E-state index contributed by atoms with van der Waals surface area (Å²) in [5.74, 6) is 0.272. The summed E-state index contributed by atoms with van der Waals surface area (Å²) in [7, 11) is 0. The smallest absolute Gasteiger partial charge is 0.153 e. The molecule has 1 aliphatic heterocycles. The first-order chi connectivity index (χ1) is 9.10.